The standard InChI is InChI=1S/C32H46O9/c1-18-27-24(40-28(2,3)41-27)14-26(38-18)39-20-5-10-30(17-33)22-6-9-29(4)21(19-13-25(34)37-16-19)8-12-32(29,36)23(22)7-11-31(30,35)15-20/h13,17-18,20-24,26-27,35-36H,5-12,14-16H2,1-4H3/t18-,20+,21-,22+,23-,24-,26+,27-,29-,30+,31+,32+/m1/s1. The summed E-state index contributed by atoms with van der Waals surface area (Å²) < 4.78 is 30.0. The maximum atomic E-state index is 13.1. The molecule has 0 aromatic carbocycles. The number of aliphatic hydroxyl groups is 2. The van der Waals surface area contributed by atoms with E-state index in [9.17, 15) is 19.8 Å². The van der Waals surface area contributed by atoms with Crippen molar-refractivity contribution in [2.24, 2.45) is 28.6 Å². The number of cyclic esters (lactones) is 1. The van der Waals surface area contributed by atoms with Crippen LogP contribution in [0.1, 0.15) is 91.9 Å². The van der Waals surface area contributed by atoms with Gasteiger partial charge in [0, 0.05) is 24.3 Å². The number of carbonyl (C=O) groups is 2. The summed E-state index contributed by atoms with van der Waals surface area (Å²) in [5.41, 5.74) is -2.44. The third kappa shape index (κ3) is 4.02. The fourth-order valence-electron chi connectivity index (χ4n) is 10.7. The van der Waals surface area contributed by atoms with Crippen LogP contribution in [-0.2, 0) is 33.3 Å². The number of hydrogen-bond acceptors (Lipinski definition) is 9. The number of aldehydes is 1. The molecule has 2 saturated heterocycles. The minimum absolute atomic E-state index is 0.0739. The third-order valence-electron chi connectivity index (χ3n) is 12.7. The van der Waals surface area contributed by atoms with Gasteiger partial charge in [0.25, 0.3) is 0 Å². The molecule has 3 aliphatic heterocycles. The Labute approximate surface area is 242 Å². The average molecular weight is 575 g/mol. The molecule has 4 saturated carbocycles. The summed E-state index contributed by atoms with van der Waals surface area (Å²) in [7, 11) is 0. The summed E-state index contributed by atoms with van der Waals surface area (Å²) in [5, 5.41) is 24.7. The van der Waals surface area contributed by atoms with Crippen molar-refractivity contribution in [1.82, 2.24) is 0 Å². The molecule has 6 fully saturated rings. The minimum Gasteiger partial charge on any atom is -0.458 e. The van der Waals surface area contributed by atoms with E-state index in [0.717, 1.165) is 31.1 Å². The van der Waals surface area contributed by atoms with Gasteiger partial charge in [0.1, 0.15) is 19.0 Å². The van der Waals surface area contributed by atoms with Crippen LogP contribution in [0.3, 0.4) is 0 Å². The van der Waals surface area contributed by atoms with Gasteiger partial charge in [-0.3, -0.25) is 0 Å². The van der Waals surface area contributed by atoms with Crippen LogP contribution in [0.15, 0.2) is 11.6 Å². The Morgan fingerprint density at radius 3 is 2.51 bits per heavy atom. The molecule has 0 amide bonds. The molecule has 41 heavy (non-hydrogen) atoms. The molecule has 4 aliphatic carbocycles. The first-order valence-electron chi connectivity index (χ1n) is 15.8. The van der Waals surface area contributed by atoms with Crippen LogP contribution in [0, 0.1) is 28.6 Å². The zero-order valence-corrected chi connectivity index (χ0v) is 24.8. The lowest BCUT2D eigenvalue weighted by Gasteiger charge is -2.65. The molecular weight excluding hydrogens is 528 g/mol. The molecule has 9 heteroatoms. The maximum absolute atomic E-state index is 13.1. The molecule has 9 nitrogen and oxygen atoms in total. The lowest BCUT2D eigenvalue weighted by atomic mass is 9.41. The molecule has 0 aromatic heterocycles. The molecule has 12 atom stereocenters. The van der Waals surface area contributed by atoms with Crippen molar-refractivity contribution in [3.8, 4) is 0 Å². The normalized spacial score (nSPS) is 53.9. The van der Waals surface area contributed by atoms with Gasteiger partial charge in [-0.25, -0.2) is 4.79 Å². The molecule has 0 aromatic rings. The average Bonchev–Trinajstić information content (AvgIpc) is 3.55. The summed E-state index contributed by atoms with van der Waals surface area (Å²) in [5.74, 6) is -1.02. The number of carbonyl (C=O) groups excluding carboxylic acids is 2. The highest BCUT2D eigenvalue weighted by atomic mass is 16.8. The number of fused-ring (bicyclic) bond motifs is 6. The predicted octanol–water partition coefficient (Wildman–Crippen LogP) is 3.58. The SMILES string of the molecule is C[C@H]1O[C@@H](O[C@H]2CC[C@]3(C=O)[C@H]4CC[C@]5(C)[C@@H](C6=CC(=O)OC6)CC[C@]5(O)[C@@H]4CC[C@]3(O)C2)C[C@H]2OC(C)(C)O[C@H]12. The summed E-state index contributed by atoms with van der Waals surface area (Å²) in [6.07, 6.45) is 7.78. The molecule has 3 heterocycles. The summed E-state index contributed by atoms with van der Waals surface area (Å²) >= 11 is 0. The van der Waals surface area contributed by atoms with E-state index in [-0.39, 0.29) is 53.6 Å². The van der Waals surface area contributed by atoms with E-state index in [1.165, 1.54) is 0 Å². The maximum Gasteiger partial charge on any atom is 0.331 e. The van der Waals surface area contributed by atoms with E-state index in [1.807, 2.05) is 20.8 Å². The highest BCUT2D eigenvalue weighted by molar-refractivity contribution is 5.85. The highest BCUT2D eigenvalue weighted by Gasteiger charge is 2.71. The van der Waals surface area contributed by atoms with Gasteiger partial charge in [-0.15, -0.1) is 0 Å². The van der Waals surface area contributed by atoms with Crippen molar-refractivity contribution in [2.75, 3.05) is 6.61 Å². The van der Waals surface area contributed by atoms with Gasteiger partial charge >= 0.3 is 5.97 Å². The largest absolute Gasteiger partial charge is 0.458 e. The molecule has 0 radical (unpaired) electrons. The number of hydrogen-bond donors (Lipinski definition) is 2. The molecule has 0 unspecified atom stereocenters. The Morgan fingerprint density at radius 1 is 1.00 bits per heavy atom. The second-order valence-electron chi connectivity index (χ2n) is 14.9. The minimum atomic E-state index is -1.19. The number of rotatable bonds is 4. The zero-order valence-electron chi connectivity index (χ0n) is 24.8. The highest BCUT2D eigenvalue weighted by Crippen LogP contribution is 2.70. The molecule has 0 spiro atoms. The monoisotopic (exact) mass is 574 g/mol. The molecule has 7 aliphatic rings. The van der Waals surface area contributed by atoms with Crippen LogP contribution >= 0.6 is 0 Å². The van der Waals surface area contributed by atoms with Crippen molar-refractivity contribution < 1.29 is 43.5 Å². The van der Waals surface area contributed by atoms with Gasteiger partial charge in [0.15, 0.2) is 12.1 Å². The van der Waals surface area contributed by atoms with E-state index in [2.05, 4.69) is 6.92 Å². The fraction of sp³-hybridized carbons (Fsp3) is 0.875. The first-order valence-corrected chi connectivity index (χ1v) is 15.8. The van der Waals surface area contributed by atoms with Gasteiger partial charge in [-0.05, 0) is 95.5 Å². The van der Waals surface area contributed by atoms with E-state index < -0.39 is 28.7 Å². The van der Waals surface area contributed by atoms with Crippen LogP contribution in [-0.4, -0.2) is 76.8 Å². The molecule has 7 rings (SSSR count). The first kappa shape index (κ1) is 28.4. The van der Waals surface area contributed by atoms with Crippen LogP contribution in [0.25, 0.3) is 0 Å². The van der Waals surface area contributed by atoms with Crippen molar-refractivity contribution in [2.45, 2.75) is 140 Å². The molecular formula is C32H46O9. The lowest BCUT2D eigenvalue weighted by Crippen LogP contribution is -2.69. The van der Waals surface area contributed by atoms with E-state index in [0.29, 0.717) is 51.6 Å². The van der Waals surface area contributed by atoms with Crippen molar-refractivity contribution >= 4 is 12.3 Å². The Balaban J connectivity index is 1.08. The van der Waals surface area contributed by atoms with E-state index in [1.54, 1.807) is 6.08 Å². The smallest absolute Gasteiger partial charge is 0.331 e. The Kier molecular flexibility index (Phi) is 6.46. The molecule has 228 valence electrons. The Morgan fingerprint density at radius 2 is 1.78 bits per heavy atom. The quantitative estimate of drug-likeness (QED) is 0.295. The number of ether oxygens (including phenoxy) is 5. The molecule has 0 bridgehead atoms. The Hall–Kier alpha value is -1.36. The van der Waals surface area contributed by atoms with Gasteiger partial charge in [-0.2, -0.15) is 0 Å². The first-order chi connectivity index (χ1) is 19.3. The fourth-order valence-corrected chi connectivity index (χ4v) is 10.7. The Bertz CT molecular complexity index is 1140. The van der Waals surface area contributed by atoms with Gasteiger partial charge in [0.2, 0.25) is 0 Å². The number of esters is 1. The van der Waals surface area contributed by atoms with Crippen molar-refractivity contribution in [1.29, 1.82) is 0 Å². The van der Waals surface area contributed by atoms with Crippen LogP contribution in [0.4, 0.5) is 0 Å². The predicted molar refractivity (Wildman–Crippen MR) is 145 cm³/mol. The van der Waals surface area contributed by atoms with Crippen LogP contribution in [0.5, 0.6) is 0 Å². The second kappa shape index (κ2) is 9.32. The van der Waals surface area contributed by atoms with Gasteiger partial charge < -0.3 is 38.7 Å². The summed E-state index contributed by atoms with van der Waals surface area (Å²) in [4.78, 5) is 24.9. The van der Waals surface area contributed by atoms with Gasteiger partial charge in [-0.1, -0.05) is 6.92 Å². The molecule has 2 N–H and O–H groups in total. The zero-order chi connectivity index (χ0) is 29.0. The summed E-state index contributed by atoms with van der Waals surface area (Å²) in [6.45, 7) is 8.28. The van der Waals surface area contributed by atoms with Crippen LogP contribution < -0.4 is 0 Å². The second-order valence-corrected chi connectivity index (χ2v) is 14.9. The lowest BCUT2D eigenvalue weighted by molar-refractivity contribution is -0.278. The summed E-state index contributed by atoms with van der Waals surface area (Å²) in [6, 6.07) is 0. The van der Waals surface area contributed by atoms with E-state index >= 15 is 0 Å². The van der Waals surface area contributed by atoms with Gasteiger partial charge in [0.05, 0.1) is 34.9 Å². The van der Waals surface area contributed by atoms with E-state index in [4.69, 9.17) is 23.7 Å². The van der Waals surface area contributed by atoms with Crippen molar-refractivity contribution in [3.63, 3.8) is 0 Å². The third-order valence-corrected chi connectivity index (χ3v) is 12.7. The van der Waals surface area contributed by atoms with Crippen molar-refractivity contribution in [3.05, 3.63) is 11.6 Å². The van der Waals surface area contributed by atoms with Crippen LogP contribution in [0.2, 0.25) is 0 Å². The topological polar surface area (TPSA) is 121 Å².